The van der Waals surface area contributed by atoms with Crippen LogP contribution in [-0.4, -0.2) is 4.98 Å². The summed E-state index contributed by atoms with van der Waals surface area (Å²) in [5, 5.41) is 0.498. The van der Waals surface area contributed by atoms with Crippen LogP contribution in [0.2, 0.25) is 5.02 Å². The third kappa shape index (κ3) is 3.18. The van der Waals surface area contributed by atoms with E-state index in [1.165, 1.54) is 6.20 Å². The summed E-state index contributed by atoms with van der Waals surface area (Å²) in [5.41, 5.74) is 8.55. The first-order valence-electron chi connectivity index (χ1n) is 6.17. The Morgan fingerprint density at radius 3 is 2.63 bits per heavy atom. The average molecular weight is 277 g/mol. The molecule has 2 rings (SSSR count). The van der Waals surface area contributed by atoms with Gasteiger partial charge in [-0.1, -0.05) is 37.6 Å². The lowest BCUT2D eigenvalue weighted by Gasteiger charge is -2.15. The quantitative estimate of drug-likeness (QED) is 0.895. The van der Waals surface area contributed by atoms with Gasteiger partial charge in [0.25, 0.3) is 0 Å². The van der Waals surface area contributed by atoms with Gasteiger partial charge in [0.1, 0.15) is 5.75 Å². The molecule has 0 bridgehead atoms. The second kappa shape index (κ2) is 5.49. The van der Waals surface area contributed by atoms with E-state index in [9.17, 15) is 0 Å². The van der Waals surface area contributed by atoms with E-state index in [1.807, 2.05) is 13.0 Å². The zero-order valence-corrected chi connectivity index (χ0v) is 12.0. The standard InChI is InChI=1S/C15H17ClN2O/c1-9(2)12-5-4-10(3)6-14(12)19-15-13(17)7-11(16)8-18-15/h4-9H,17H2,1-3H3. The van der Waals surface area contributed by atoms with Crippen molar-refractivity contribution in [1.29, 1.82) is 0 Å². The summed E-state index contributed by atoms with van der Waals surface area (Å²) in [6.45, 7) is 6.27. The normalized spacial score (nSPS) is 10.8. The molecule has 0 saturated heterocycles. The maximum atomic E-state index is 5.86. The van der Waals surface area contributed by atoms with Gasteiger partial charge in [-0.05, 0) is 36.1 Å². The van der Waals surface area contributed by atoms with Crippen LogP contribution >= 0.6 is 11.6 Å². The van der Waals surface area contributed by atoms with E-state index in [1.54, 1.807) is 6.07 Å². The lowest BCUT2D eigenvalue weighted by molar-refractivity contribution is 0.456. The van der Waals surface area contributed by atoms with E-state index in [0.717, 1.165) is 16.9 Å². The van der Waals surface area contributed by atoms with Gasteiger partial charge in [0.15, 0.2) is 0 Å². The molecule has 2 aromatic rings. The average Bonchev–Trinajstić information content (AvgIpc) is 2.32. The maximum Gasteiger partial charge on any atom is 0.242 e. The summed E-state index contributed by atoms with van der Waals surface area (Å²) in [4.78, 5) is 4.12. The summed E-state index contributed by atoms with van der Waals surface area (Å²) in [5.74, 6) is 1.54. The number of hydrogen-bond acceptors (Lipinski definition) is 3. The molecule has 0 unspecified atom stereocenters. The topological polar surface area (TPSA) is 48.1 Å². The van der Waals surface area contributed by atoms with Gasteiger partial charge in [-0.3, -0.25) is 0 Å². The maximum absolute atomic E-state index is 5.86. The van der Waals surface area contributed by atoms with E-state index in [0.29, 0.717) is 22.5 Å². The summed E-state index contributed by atoms with van der Waals surface area (Å²) in [6.07, 6.45) is 1.53. The molecule has 0 fully saturated rings. The van der Waals surface area contributed by atoms with Crippen LogP contribution < -0.4 is 10.5 Å². The Hall–Kier alpha value is -1.74. The predicted octanol–water partition coefficient (Wildman–Crippen LogP) is 4.54. The second-order valence-corrected chi connectivity index (χ2v) is 5.28. The Bertz CT molecular complexity index is 597. The molecular weight excluding hydrogens is 260 g/mol. The van der Waals surface area contributed by atoms with Gasteiger partial charge in [-0.2, -0.15) is 0 Å². The molecule has 0 aliphatic rings. The zero-order valence-electron chi connectivity index (χ0n) is 11.3. The number of nitrogen functional groups attached to an aromatic ring is 1. The molecule has 1 aromatic carbocycles. The Morgan fingerprint density at radius 2 is 2.00 bits per heavy atom. The molecule has 4 heteroatoms. The van der Waals surface area contributed by atoms with Crippen LogP contribution in [0.3, 0.4) is 0 Å². The summed E-state index contributed by atoms with van der Waals surface area (Å²) >= 11 is 5.83. The molecule has 3 nitrogen and oxygen atoms in total. The van der Waals surface area contributed by atoms with Crippen molar-refractivity contribution < 1.29 is 4.74 Å². The minimum Gasteiger partial charge on any atom is -0.437 e. The zero-order chi connectivity index (χ0) is 14.0. The Kier molecular flexibility index (Phi) is 3.96. The van der Waals surface area contributed by atoms with Gasteiger partial charge in [-0.15, -0.1) is 0 Å². The molecule has 0 radical (unpaired) electrons. The van der Waals surface area contributed by atoms with Crippen LogP contribution in [0.4, 0.5) is 5.69 Å². The first-order valence-corrected chi connectivity index (χ1v) is 6.54. The number of ether oxygens (including phenoxy) is 1. The molecule has 0 aliphatic carbocycles. The molecule has 1 aromatic heterocycles. The number of aryl methyl sites for hydroxylation is 1. The SMILES string of the molecule is Cc1ccc(C(C)C)c(Oc2ncc(Cl)cc2N)c1. The minimum atomic E-state index is 0.365. The van der Waals surface area contributed by atoms with Crippen LogP contribution in [0.5, 0.6) is 11.6 Å². The smallest absolute Gasteiger partial charge is 0.242 e. The fourth-order valence-electron chi connectivity index (χ4n) is 1.84. The Morgan fingerprint density at radius 1 is 1.26 bits per heavy atom. The van der Waals surface area contributed by atoms with Crippen LogP contribution in [0.25, 0.3) is 0 Å². The summed E-state index contributed by atoms with van der Waals surface area (Å²) in [7, 11) is 0. The van der Waals surface area contributed by atoms with Crippen molar-refractivity contribution >= 4 is 17.3 Å². The van der Waals surface area contributed by atoms with Crippen molar-refractivity contribution in [2.45, 2.75) is 26.7 Å². The highest BCUT2D eigenvalue weighted by molar-refractivity contribution is 6.30. The lowest BCUT2D eigenvalue weighted by atomic mass is 10.0. The van der Waals surface area contributed by atoms with Crippen LogP contribution in [0.1, 0.15) is 30.9 Å². The second-order valence-electron chi connectivity index (χ2n) is 4.85. The molecule has 19 heavy (non-hydrogen) atoms. The predicted molar refractivity (Wildman–Crippen MR) is 79.0 cm³/mol. The summed E-state index contributed by atoms with van der Waals surface area (Å²) in [6, 6.07) is 7.77. The largest absolute Gasteiger partial charge is 0.437 e. The number of hydrogen-bond donors (Lipinski definition) is 1. The van der Waals surface area contributed by atoms with Gasteiger partial charge in [0.05, 0.1) is 10.7 Å². The number of rotatable bonds is 3. The van der Waals surface area contributed by atoms with E-state index in [-0.39, 0.29) is 0 Å². The first kappa shape index (κ1) is 13.7. The Balaban J connectivity index is 2.39. The van der Waals surface area contributed by atoms with Gasteiger partial charge >= 0.3 is 0 Å². The molecule has 0 saturated carbocycles. The highest BCUT2D eigenvalue weighted by Gasteiger charge is 2.11. The molecule has 0 atom stereocenters. The van der Waals surface area contributed by atoms with Gasteiger partial charge in [0, 0.05) is 6.20 Å². The van der Waals surface area contributed by atoms with Crippen molar-refractivity contribution in [1.82, 2.24) is 4.98 Å². The third-order valence-electron chi connectivity index (χ3n) is 2.84. The Labute approximate surface area is 118 Å². The van der Waals surface area contributed by atoms with Crippen molar-refractivity contribution in [2.75, 3.05) is 5.73 Å². The molecule has 0 amide bonds. The van der Waals surface area contributed by atoms with Crippen LogP contribution in [-0.2, 0) is 0 Å². The van der Waals surface area contributed by atoms with Crippen molar-refractivity contribution in [3.8, 4) is 11.6 Å². The number of aromatic nitrogens is 1. The number of nitrogens with two attached hydrogens (primary N) is 1. The van der Waals surface area contributed by atoms with Gasteiger partial charge < -0.3 is 10.5 Å². The highest BCUT2D eigenvalue weighted by Crippen LogP contribution is 2.33. The highest BCUT2D eigenvalue weighted by atomic mass is 35.5. The van der Waals surface area contributed by atoms with Gasteiger partial charge in [-0.25, -0.2) is 4.98 Å². The number of nitrogens with zero attached hydrogens (tertiary/aromatic N) is 1. The monoisotopic (exact) mass is 276 g/mol. The van der Waals surface area contributed by atoms with E-state index >= 15 is 0 Å². The summed E-state index contributed by atoms with van der Waals surface area (Å²) < 4.78 is 5.84. The fourth-order valence-corrected chi connectivity index (χ4v) is 2.01. The fraction of sp³-hybridized carbons (Fsp3) is 0.267. The number of pyridine rings is 1. The molecule has 2 N–H and O–H groups in total. The van der Waals surface area contributed by atoms with E-state index in [4.69, 9.17) is 22.1 Å². The molecule has 0 aliphatic heterocycles. The van der Waals surface area contributed by atoms with E-state index < -0.39 is 0 Å². The number of anilines is 1. The number of benzene rings is 1. The molecule has 0 spiro atoms. The van der Waals surface area contributed by atoms with Crippen molar-refractivity contribution in [3.63, 3.8) is 0 Å². The van der Waals surface area contributed by atoms with Crippen molar-refractivity contribution in [3.05, 3.63) is 46.6 Å². The van der Waals surface area contributed by atoms with Crippen LogP contribution in [0, 0.1) is 6.92 Å². The lowest BCUT2D eigenvalue weighted by Crippen LogP contribution is -1.99. The van der Waals surface area contributed by atoms with Crippen molar-refractivity contribution in [2.24, 2.45) is 0 Å². The molecule has 100 valence electrons. The molecular formula is C15H17ClN2O. The number of halogens is 1. The van der Waals surface area contributed by atoms with Crippen LogP contribution in [0.15, 0.2) is 30.5 Å². The third-order valence-corrected chi connectivity index (χ3v) is 3.05. The minimum absolute atomic E-state index is 0.365. The van der Waals surface area contributed by atoms with Gasteiger partial charge in [0.2, 0.25) is 5.88 Å². The van der Waals surface area contributed by atoms with E-state index in [2.05, 4.69) is 31.0 Å². The molecule has 1 heterocycles. The first-order chi connectivity index (χ1) is 8.97.